The lowest BCUT2D eigenvalue weighted by Gasteiger charge is -2.28. The molecule has 13 heteroatoms. The number of aromatic nitrogens is 3. The van der Waals surface area contributed by atoms with Crippen LogP contribution in [0.15, 0.2) is 42.5 Å². The number of halogens is 2. The van der Waals surface area contributed by atoms with E-state index in [1.165, 1.54) is 16.7 Å². The number of imidazole rings is 1. The van der Waals surface area contributed by atoms with Gasteiger partial charge in [-0.3, -0.25) is 14.4 Å². The number of carbonyl (C=O) groups is 4. The van der Waals surface area contributed by atoms with Gasteiger partial charge in [-0.25, -0.2) is 9.37 Å². The number of hydrogen-bond donors (Lipinski definition) is 3. The van der Waals surface area contributed by atoms with E-state index in [-0.39, 0.29) is 46.7 Å². The Morgan fingerprint density at radius 2 is 2.06 bits per heavy atom. The first-order valence-electron chi connectivity index (χ1n) is 10.6. The molecule has 36 heavy (non-hydrogen) atoms. The number of aldehydes is 1. The number of fused-ring (bicyclic) bond motifs is 2. The van der Waals surface area contributed by atoms with Gasteiger partial charge in [-0.1, -0.05) is 29.8 Å². The number of anilines is 1. The third-order valence-electron chi connectivity index (χ3n) is 5.53. The summed E-state index contributed by atoms with van der Waals surface area (Å²) in [6.45, 7) is -0.579. The molecular weight excluding hydrogens is 511 g/mol. The highest BCUT2D eigenvalue weighted by Crippen LogP contribution is 2.36. The van der Waals surface area contributed by atoms with E-state index < -0.39 is 29.6 Å². The molecule has 0 spiro atoms. The van der Waals surface area contributed by atoms with Gasteiger partial charge in [0.2, 0.25) is 11.7 Å². The maximum atomic E-state index is 14.1. The number of rotatable bonds is 6. The Balaban J connectivity index is 1.63. The van der Waals surface area contributed by atoms with Gasteiger partial charge in [-0.15, -0.1) is 0 Å². The highest BCUT2D eigenvalue weighted by Gasteiger charge is 2.36. The lowest BCUT2D eigenvalue weighted by molar-refractivity contribution is -0.123. The van der Waals surface area contributed by atoms with Gasteiger partial charge < -0.3 is 25.3 Å². The molecule has 2 aromatic carbocycles. The minimum atomic E-state index is -1.03. The van der Waals surface area contributed by atoms with Crippen molar-refractivity contribution < 1.29 is 23.6 Å². The van der Waals surface area contributed by atoms with E-state index in [9.17, 15) is 23.6 Å². The SMILES string of the molecule is O=CCNC(=O)c1nc(NC(=O)c2nsc3ccccc23)c2n1CC(=O)NC2c1cc(F)ccc1Cl. The van der Waals surface area contributed by atoms with Crippen molar-refractivity contribution in [1.82, 2.24) is 24.6 Å². The summed E-state index contributed by atoms with van der Waals surface area (Å²) in [7, 11) is 0. The molecule has 1 unspecified atom stereocenters. The van der Waals surface area contributed by atoms with Gasteiger partial charge in [0.1, 0.15) is 24.3 Å². The smallest absolute Gasteiger partial charge is 0.287 e. The fourth-order valence-electron chi connectivity index (χ4n) is 3.99. The maximum Gasteiger partial charge on any atom is 0.287 e. The summed E-state index contributed by atoms with van der Waals surface area (Å²) in [5.74, 6) is -2.66. The van der Waals surface area contributed by atoms with Crippen LogP contribution in [0.25, 0.3) is 10.1 Å². The number of carbonyl (C=O) groups excluding carboxylic acids is 4. The molecule has 0 aliphatic carbocycles. The minimum absolute atomic E-state index is 0.0429. The number of nitrogens with one attached hydrogen (secondary N) is 3. The molecule has 182 valence electrons. The summed E-state index contributed by atoms with van der Waals surface area (Å²) in [6, 6.07) is 9.82. The van der Waals surface area contributed by atoms with Crippen LogP contribution < -0.4 is 16.0 Å². The second-order valence-electron chi connectivity index (χ2n) is 7.78. The Hall–Kier alpha value is -4.16. The summed E-state index contributed by atoms with van der Waals surface area (Å²) in [6.07, 6.45) is 0.496. The van der Waals surface area contributed by atoms with Crippen LogP contribution in [-0.4, -0.2) is 44.5 Å². The van der Waals surface area contributed by atoms with Crippen LogP contribution >= 0.6 is 23.1 Å². The molecule has 0 fully saturated rings. The van der Waals surface area contributed by atoms with E-state index in [0.717, 1.165) is 22.3 Å². The van der Waals surface area contributed by atoms with Crippen LogP contribution in [0.3, 0.4) is 0 Å². The molecule has 1 atom stereocenters. The zero-order valence-electron chi connectivity index (χ0n) is 18.2. The van der Waals surface area contributed by atoms with Crippen molar-refractivity contribution >= 4 is 63.0 Å². The average molecular weight is 527 g/mol. The van der Waals surface area contributed by atoms with E-state index >= 15 is 0 Å². The number of nitrogens with zero attached hydrogens (tertiary/aromatic N) is 3. The van der Waals surface area contributed by atoms with Crippen LogP contribution in [0.4, 0.5) is 10.2 Å². The fraction of sp³-hybridized carbons (Fsp3) is 0.130. The lowest BCUT2D eigenvalue weighted by atomic mass is 10.0. The molecule has 0 bridgehead atoms. The normalized spacial score (nSPS) is 14.7. The van der Waals surface area contributed by atoms with Crippen molar-refractivity contribution in [2.45, 2.75) is 12.6 Å². The van der Waals surface area contributed by atoms with Crippen molar-refractivity contribution in [3.63, 3.8) is 0 Å². The van der Waals surface area contributed by atoms with E-state index in [4.69, 9.17) is 11.6 Å². The highest BCUT2D eigenvalue weighted by molar-refractivity contribution is 7.13. The summed E-state index contributed by atoms with van der Waals surface area (Å²) in [5.41, 5.74) is 0.580. The average Bonchev–Trinajstić information content (AvgIpc) is 3.45. The van der Waals surface area contributed by atoms with Gasteiger partial charge in [0.05, 0.1) is 23.0 Å². The van der Waals surface area contributed by atoms with Crippen LogP contribution in [0, 0.1) is 5.82 Å². The minimum Gasteiger partial charge on any atom is -0.343 e. The first kappa shape index (κ1) is 23.6. The van der Waals surface area contributed by atoms with Crippen LogP contribution in [0.1, 0.15) is 38.4 Å². The molecule has 5 rings (SSSR count). The zero-order chi connectivity index (χ0) is 25.4. The Morgan fingerprint density at radius 3 is 2.86 bits per heavy atom. The summed E-state index contributed by atoms with van der Waals surface area (Å²) in [5, 5.41) is 8.58. The molecule has 1 aliphatic rings. The molecule has 0 saturated carbocycles. The summed E-state index contributed by atoms with van der Waals surface area (Å²) < 4.78 is 20.5. The molecule has 10 nitrogen and oxygen atoms in total. The lowest BCUT2D eigenvalue weighted by Crippen LogP contribution is -2.41. The highest BCUT2D eigenvalue weighted by atomic mass is 35.5. The molecule has 2 aromatic heterocycles. The zero-order valence-corrected chi connectivity index (χ0v) is 19.8. The standard InChI is InChI=1S/C23H16ClFN6O4S/c24-14-6-5-11(25)9-13(14)17-19-20(29-22(34)18-12-3-1-2-4-15(12)36-30-18)28-21(23(35)26-7-8-32)31(19)10-16(33)27-17/h1-6,8-9,17H,7,10H2,(H,26,35)(H,27,33)(H,29,34). The largest absolute Gasteiger partial charge is 0.343 e. The second-order valence-corrected chi connectivity index (χ2v) is 8.99. The van der Waals surface area contributed by atoms with Crippen molar-refractivity contribution in [2.24, 2.45) is 0 Å². The predicted octanol–water partition coefficient (Wildman–Crippen LogP) is 2.69. The van der Waals surface area contributed by atoms with Crippen LogP contribution in [-0.2, 0) is 16.1 Å². The van der Waals surface area contributed by atoms with Gasteiger partial charge in [0.15, 0.2) is 5.82 Å². The van der Waals surface area contributed by atoms with E-state index in [0.29, 0.717) is 11.7 Å². The van der Waals surface area contributed by atoms with Gasteiger partial charge in [-0.2, -0.15) is 4.37 Å². The monoisotopic (exact) mass is 526 g/mol. The van der Waals surface area contributed by atoms with Crippen molar-refractivity contribution in [3.8, 4) is 0 Å². The third-order valence-corrected chi connectivity index (χ3v) is 6.70. The quantitative estimate of drug-likeness (QED) is 0.331. The first-order valence-corrected chi connectivity index (χ1v) is 11.7. The van der Waals surface area contributed by atoms with Gasteiger partial charge >= 0.3 is 0 Å². The summed E-state index contributed by atoms with van der Waals surface area (Å²) >= 11 is 7.48. The Morgan fingerprint density at radius 1 is 1.25 bits per heavy atom. The number of benzene rings is 2. The molecule has 3 N–H and O–H groups in total. The molecule has 3 heterocycles. The Bertz CT molecular complexity index is 1550. The van der Waals surface area contributed by atoms with Gasteiger partial charge in [0.25, 0.3) is 11.8 Å². The third kappa shape index (κ3) is 4.20. The van der Waals surface area contributed by atoms with Crippen molar-refractivity contribution in [2.75, 3.05) is 11.9 Å². The van der Waals surface area contributed by atoms with Gasteiger partial charge in [-0.05, 0) is 35.8 Å². The Kier molecular flexibility index (Phi) is 6.20. The topological polar surface area (TPSA) is 135 Å². The van der Waals surface area contributed by atoms with Crippen LogP contribution in [0.2, 0.25) is 5.02 Å². The van der Waals surface area contributed by atoms with E-state index in [1.54, 1.807) is 12.1 Å². The molecule has 0 radical (unpaired) electrons. The molecule has 1 aliphatic heterocycles. The predicted molar refractivity (Wildman–Crippen MR) is 130 cm³/mol. The van der Waals surface area contributed by atoms with Crippen LogP contribution in [0.5, 0.6) is 0 Å². The Labute approximate surface area is 211 Å². The summed E-state index contributed by atoms with van der Waals surface area (Å²) in [4.78, 5) is 53.6. The van der Waals surface area contributed by atoms with Crippen molar-refractivity contribution in [3.05, 3.63) is 76.1 Å². The van der Waals surface area contributed by atoms with E-state index in [1.807, 2.05) is 12.1 Å². The van der Waals surface area contributed by atoms with Crippen molar-refractivity contribution in [1.29, 1.82) is 0 Å². The molecule has 4 aromatic rings. The maximum absolute atomic E-state index is 14.1. The number of hydrogen-bond acceptors (Lipinski definition) is 7. The first-order chi connectivity index (χ1) is 17.4. The molecule has 0 saturated heterocycles. The fourth-order valence-corrected chi connectivity index (χ4v) is 4.99. The molecular formula is C23H16ClFN6O4S. The molecule has 3 amide bonds. The second kappa shape index (κ2) is 9.47. The van der Waals surface area contributed by atoms with E-state index in [2.05, 4.69) is 25.3 Å². The number of amides is 3. The van der Waals surface area contributed by atoms with Gasteiger partial charge in [0, 0.05) is 16.0 Å².